The Bertz CT molecular complexity index is 819. The van der Waals surface area contributed by atoms with Crippen molar-refractivity contribution in [1.82, 2.24) is 4.90 Å². The second kappa shape index (κ2) is 10.9. The average Bonchev–Trinajstić information content (AvgIpc) is 2.79. The molecule has 1 heterocycles. The van der Waals surface area contributed by atoms with E-state index in [1.807, 2.05) is 36.4 Å². The molecule has 1 fully saturated rings. The van der Waals surface area contributed by atoms with E-state index in [2.05, 4.69) is 28.5 Å². The number of anilines is 1. The van der Waals surface area contributed by atoms with E-state index in [0.717, 1.165) is 43.9 Å². The van der Waals surface area contributed by atoms with Crippen molar-refractivity contribution < 1.29 is 19.3 Å². The molecule has 0 amide bonds. The Morgan fingerprint density at radius 3 is 2.53 bits per heavy atom. The van der Waals surface area contributed by atoms with Crippen molar-refractivity contribution in [2.45, 2.75) is 12.5 Å². The summed E-state index contributed by atoms with van der Waals surface area (Å²) in [6, 6.07) is 14.0. The molecule has 6 nitrogen and oxygen atoms in total. The summed E-state index contributed by atoms with van der Waals surface area (Å²) >= 11 is 0. The Balaban J connectivity index is 1.46. The van der Waals surface area contributed by atoms with Gasteiger partial charge in [-0.15, -0.1) is 6.58 Å². The van der Waals surface area contributed by atoms with E-state index in [1.54, 1.807) is 14.2 Å². The number of hydrogen-bond donors (Lipinski definition) is 1. The zero-order chi connectivity index (χ0) is 21.3. The Labute approximate surface area is 179 Å². The zero-order valence-electron chi connectivity index (χ0n) is 17.9. The number of methoxy groups -OCH3 is 2. The van der Waals surface area contributed by atoms with E-state index in [0.29, 0.717) is 18.0 Å². The fourth-order valence-corrected chi connectivity index (χ4v) is 3.66. The molecule has 1 saturated heterocycles. The molecule has 0 bridgehead atoms. The second-order valence-electron chi connectivity index (χ2n) is 7.43. The van der Waals surface area contributed by atoms with Gasteiger partial charge in [0.15, 0.2) is 11.5 Å². The molecule has 0 radical (unpaired) electrons. The predicted molar refractivity (Wildman–Crippen MR) is 120 cm³/mol. The molecular weight excluding hydrogens is 380 g/mol. The van der Waals surface area contributed by atoms with Crippen LogP contribution in [0.15, 0.2) is 55.1 Å². The minimum Gasteiger partial charge on any atom is -0.497 e. The molecule has 0 spiro atoms. The lowest BCUT2D eigenvalue weighted by atomic mass is 10.1. The normalized spacial score (nSPS) is 15.5. The summed E-state index contributed by atoms with van der Waals surface area (Å²) < 4.78 is 16.6. The molecule has 0 aromatic heterocycles. The summed E-state index contributed by atoms with van der Waals surface area (Å²) in [6.45, 7) is 8.20. The number of benzene rings is 2. The van der Waals surface area contributed by atoms with Crippen LogP contribution in [-0.4, -0.2) is 69.7 Å². The van der Waals surface area contributed by atoms with E-state index in [1.165, 1.54) is 5.69 Å². The summed E-state index contributed by atoms with van der Waals surface area (Å²) in [5.74, 6) is 2.19. The van der Waals surface area contributed by atoms with Crippen molar-refractivity contribution in [3.63, 3.8) is 0 Å². The maximum Gasteiger partial charge on any atom is 0.161 e. The third kappa shape index (κ3) is 5.90. The monoisotopic (exact) mass is 412 g/mol. The largest absolute Gasteiger partial charge is 0.497 e. The van der Waals surface area contributed by atoms with Crippen LogP contribution in [0.4, 0.5) is 5.69 Å². The highest BCUT2D eigenvalue weighted by Crippen LogP contribution is 2.28. The Morgan fingerprint density at radius 1 is 1.03 bits per heavy atom. The lowest BCUT2D eigenvalue weighted by Gasteiger charge is -2.37. The third-order valence-electron chi connectivity index (χ3n) is 5.30. The van der Waals surface area contributed by atoms with Crippen LogP contribution in [-0.2, 0) is 6.42 Å². The van der Waals surface area contributed by atoms with E-state index in [-0.39, 0.29) is 6.61 Å². The minimum atomic E-state index is -0.564. The number of piperazine rings is 1. The summed E-state index contributed by atoms with van der Waals surface area (Å²) in [5.41, 5.74) is 2.29. The maximum absolute atomic E-state index is 10.5. The number of hydrogen-bond acceptors (Lipinski definition) is 6. The van der Waals surface area contributed by atoms with Crippen molar-refractivity contribution in [3.05, 3.63) is 60.7 Å². The fraction of sp³-hybridized carbons (Fsp3) is 0.417. The molecule has 1 aliphatic heterocycles. The fourth-order valence-electron chi connectivity index (χ4n) is 3.66. The SMILES string of the molecule is C=CCc1ccc(OCC(O)CN2CCN(c3cccc(OC)c3)CC2)c(OC)c1. The van der Waals surface area contributed by atoms with Gasteiger partial charge in [-0.2, -0.15) is 0 Å². The van der Waals surface area contributed by atoms with Crippen LogP contribution in [0.5, 0.6) is 17.2 Å². The van der Waals surface area contributed by atoms with E-state index >= 15 is 0 Å². The first-order valence-electron chi connectivity index (χ1n) is 10.3. The molecule has 1 atom stereocenters. The van der Waals surface area contributed by atoms with Gasteiger partial charge in [-0.1, -0.05) is 18.2 Å². The molecular formula is C24H32N2O4. The first-order chi connectivity index (χ1) is 14.6. The van der Waals surface area contributed by atoms with Gasteiger partial charge in [0.25, 0.3) is 0 Å². The van der Waals surface area contributed by atoms with Crippen LogP contribution >= 0.6 is 0 Å². The van der Waals surface area contributed by atoms with Crippen molar-refractivity contribution in [3.8, 4) is 17.2 Å². The standard InChI is InChI=1S/C24H32N2O4/c1-4-6-19-9-10-23(24(15-19)29-3)30-18-21(27)17-25-11-13-26(14-12-25)20-7-5-8-22(16-20)28-2/h4-5,7-10,15-16,21,27H,1,6,11-14,17-18H2,2-3H3. The van der Waals surface area contributed by atoms with Crippen LogP contribution in [0, 0.1) is 0 Å². The van der Waals surface area contributed by atoms with E-state index < -0.39 is 6.10 Å². The second-order valence-corrected chi connectivity index (χ2v) is 7.43. The number of aliphatic hydroxyl groups is 1. The summed E-state index contributed by atoms with van der Waals surface area (Å²) in [4.78, 5) is 4.62. The Hall–Kier alpha value is -2.70. The minimum absolute atomic E-state index is 0.229. The molecule has 1 aliphatic rings. The number of rotatable bonds is 10. The van der Waals surface area contributed by atoms with Gasteiger partial charge in [0, 0.05) is 44.5 Å². The average molecular weight is 413 g/mol. The molecule has 2 aromatic rings. The Kier molecular flexibility index (Phi) is 7.99. The number of nitrogens with zero attached hydrogens (tertiary/aromatic N) is 2. The first-order valence-corrected chi connectivity index (χ1v) is 10.3. The maximum atomic E-state index is 10.5. The zero-order valence-corrected chi connectivity index (χ0v) is 17.9. The highest BCUT2D eigenvalue weighted by molar-refractivity contribution is 5.51. The van der Waals surface area contributed by atoms with Gasteiger partial charge in [-0.05, 0) is 36.2 Å². The van der Waals surface area contributed by atoms with Gasteiger partial charge in [0.2, 0.25) is 0 Å². The van der Waals surface area contributed by atoms with Crippen LogP contribution < -0.4 is 19.1 Å². The van der Waals surface area contributed by atoms with Crippen molar-refractivity contribution in [2.24, 2.45) is 0 Å². The van der Waals surface area contributed by atoms with E-state index in [9.17, 15) is 5.11 Å². The molecule has 1 N–H and O–H groups in total. The van der Waals surface area contributed by atoms with E-state index in [4.69, 9.17) is 14.2 Å². The first kappa shape index (κ1) is 22.0. The lowest BCUT2D eigenvalue weighted by Crippen LogP contribution is -2.49. The van der Waals surface area contributed by atoms with Crippen LogP contribution in [0.2, 0.25) is 0 Å². The highest BCUT2D eigenvalue weighted by atomic mass is 16.5. The molecule has 162 valence electrons. The summed E-state index contributed by atoms with van der Waals surface area (Å²) in [7, 11) is 3.31. The molecule has 0 aliphatic carbocycles. The van der Waals surface area contributed by atoms with Crippen molar-refractivity contribution in [1.29, 1.82) is 0 Å². The molecule has 2 aromatic carbocycles. The Morgan fingerprint density at radius 2 is 1.83 bits per heavy atom. The van der Waals surface area contributed by atoms with Crippen LogP contribution in [0.25, 0.3) is 0 Å². The van der Waals surface area contributed by atoms with Crippen molar-refractivity contribution >= 4 is 5.69 Å². The quantitative estimate of drug-likeness (QED) is 0.606. The van der Waals surface area contributed by atoms with Gasteiger partial charge in [-0.3, -0.25) is 4.90 Å². The third-order valence-corrected chi connectivity index (χ3v) is 5.30. The predicted octanol–water partition coefficient (Wildman–Crippen LogP) is 2.99. The topological polar surface area (TPSA) is 54.4 Å². The molecule has 3 rings (SSSR count). The number of allylic oxidation sites excluding steroid dienone is 1. The van der Waals surface area contributed by atoms with Gasteiger partial charge < -0.3 is 24.2 Å². The van der Waals surface area contributed by atoms with Crippen LogP contribution in [0.1, 0.15) is 5.56 Å². The van der Waals surface area contributed by atoms with Gasteiger partial charge >= 0.3 is 0 Å². The van der Waals surface area contributed by atoms with Gasteiger partial charge in [0.05, 0.1) is 14.2 Å². The van der Waals surface area contributed by atoms with Gasteiger partial charge in [0.1, 0.15) is 18.5 Å². The summed E-state index contributed by atoms with van der Waals surface area (Å²) in [6.07, 6.45) is 2.07. The number of ether oxygens (including phenoxy) is 3. The smallest absolute Gasteiger partial charge is 0.161 e. The van der Waals surface area contributed by atoms with Crippen molar-refractivity contribution in [2.75, 3.05) is 58.5 Å². The highest BCUT2D eigenvalue weighted by Gasteiger charge is 2.20. The number of aliphatic hydroxyl groups excluding tert-OH is 1. The molecule has 0 saturated carbocycles. The molecule has 1 unspecified atom stereocenters. The summed E-state index contributed by atoms with van der Waals surface area (Å²) in [5, 5.41) is 10.5. The molecule has 6 heteroatoms. The van der Waals surface area contributed by atoms with Gasteiger partial charge in [-0.25, -0.2) is 0 Å². The molecule has 30 heavy (non-hydrogen) atoms. The number of β-amino-alcohol motifs (C(OH)–C–C–N with tert-alkyl or cyclic N) is 1. The lowest BCUT2D eigenvalue weighted by molar-refractivity contribution is 0.0653. The van der Waals surface area contributed by atoms with Crippen LogP contribution in [0.3, 0.4) is 0 Å².